The van der Waals surface area contributed by atoms with E-state index >= 15 is 0 Å². The number of nitrogens with one attached hydrogen (secondary N) is 1. The van der Waals surface area contributed by atoms with Crippen LogP contribution in [0.3, 0.4) is 0 Å². The Kier molecular flexibility index (Phi) is 3.83. The minimum absolute atomic E-state index is 0.265. The summed E-state index contributed by atoms with van der Waals surface area (Å²) in [5, 5.41) is 3.29. The van der Waals surface area contributed by atoms with Gasteiger partial charge in [-0.3, -0.25) is 0 Å². The summed E-state index contributed by atoms with van der Waals surface area (Å²) in [6.07, 6.45) is 4.39. The quantitative estimate of drug-likeness (QED) is 0.859. The van der Waals surface area contributed by atoms with Crippen LogP contribution in [-0.4, -0.2) is 14.2 Å². The van der Waals surface area contributed by atoms with Crippen LogP contribution in [0.25, 0.3) is 0 Å². The number of rotatable bonds is 5. The molecule has 0 spiro atoms. The van der Waals surface area contributed by atoms with Gasteiger partial charge >= 0.3 is 0 Å². The molecule has 0 saturated carbocycles. The first kappa shape index (κ1) is 11.7. The average molecular weight is 231 g/mol. The molecule has 0 bridgehead atoms. The van der Waals surface area contributed by atoms with Crippen molar-refractivity contribution in [1.82, 2.24) is 5.32 Å². The van der Waals surface area contributed by atoms with Gasteiger partial charge in [0.2, 0.25) is 0 Å². The summed E-state index contributed by atoms with van der Waals surface area (Å²) >= 11 is 0. The Morgan fingerprint density at radius 2 is 2.24 bits per heavy atom. The van der Waals surface area contributed by atoms with Crippen LogP contribution in [0, 0.1) is 0 Å². The fourth-order valence-corrected chi connectivity index (χ4v) is 1.89. The first-order valence-corrected chi connectivity index (χ1v) is 5.65. The lowest BCUT2D eigenvalue weighted by molar-refractivity contribution is 0.414. The molecular formula is C14H17NO2. The molecule has 17 heavy (non-hydrogen) atoms. The fourth-order valence-electron chi connectivity index (χ4n) is 1.89. The van der Waals surface area contributed by atoms with Crippen molar-refractivity contribution in [3.63, 3.8) is 0 Å². The van der Waals surface area contributed by atoms with E-state index in [4.69, 9.17) is 9.15 Å². The molecule has 2 rings (SSSR count). The van der Waals surface area contributed by atoms with Crippen molar-refractivity contribution in [2.24, 2.45) is 0 Å². The Labute approximate surface area is 101 Å². The molecule has 1 N–H and O–H groups in total. The zero-order valence-corrected chi connectivity index (χ0v) is 10.1. The lowest BCUT2D eigenvalue weighted by atomic mass is 10.0. The Bertz CT molecular complexity index is 451. The Morgan fingerprint density at radius 1 is 1.35 bits per heavy atom. The Hall–Kier alpha value is -1.74. The molecule has 1 heterocycles. The van der Waals surface area contributed by atoms with Crippen LogP contribution in [0.2, 0.25) is 0 Å². The topological polar surface area (TPSA) is 34.4 Å². The summed E-state index contributed by atoms with van der Waals surface area (Å²) in [6, 6.07) is 10.4. The summed E-state index contributed by atoms with van der Waals surface area (Å²) in [5.74, 6) is 0.893. The highest BCUT2D eigenvalue weighted by Gasteiger charge is 2.11. The number of hydrogen-bond donors (Lipinski definition) is 1. The molecule has 0 amide bonds. The molecule has 0 saturated heterocycles. The molecule has 90 valence electrons. The Morgan fingerprint density at radius 3 is 2.88 bits per heavy atom. The maximum absolute atomic E-state index is 5.22. The van der Waals surface area contributed by atoms with Crippen molar-refractivity contribution in [3.05, 3.63) is 54.0 Å². The normalized spacial score (nSPS) is 12.4. The molecule has 0 fully saturated rings. The highest BCUT2D eigenvalue weighted by atomic mass is 16.5. The smallest absolute Gasteiger partial charge is 0.119 e. The lowest BCUT2D eigenvalue weighted by Crippen LogP contribution is -2.18. The second-order valence-corrected chi connectivity index (χ2v) is 3.95. The van der Waals surface area contributed by atoms with E-state index in [0.29, 0.717) is 0 Å². The maximum atomic E-state index is 5.22. The standard InChI is InChI=1S/C14H17NO2/c1-15-14(12-6-7-17-10-12)9-11-4-3-5-13(8-11)16-2/h3-8,10,14-15H,9H2,1-2H3. The van der Waals surface area contributed by atoms with Gasteiger partial charge < -0.3 is 14.5 Å². The van der Waals surface area contributed by atoms with Crippen molar-refractivity contribution in [1.29, 1.82) is 0 Å². The monoisotopic (exact) mass is 231 g/mol. The van der Waals surface area contributed by atoms with Gasteiger partial charge in [0.25, 0.3) is 0 Å². The third-order valence-electron chi connectivity index (χ3n) is 2.87. The minimum Gasteiger partial charge on any atom is -0.497 e. The molecule has 3 nitrogen and oxygen atoms in total. The third kappa shape index (κ3) is 2.88. The van der Waals surface area contributed by atoms with E-state index in [-0.39, 0.29) is 6.04 Å². The second-order valence-electron chi connectivity index (χ2n) is 3.95. The van der Waals surface area contributed by atoms with Crippen molar-refractivity contribution in [3.8, 4) is 5.75 Å². The average Bonchev–Trinajstić information content (AvgIpc) is 2.90. The predicted octanol–water partition coefficient (Wildman–Crippen LogP) is 2.79. The van der Waals surface area contributed by atoms with E-state index in [1.54, 1.807) is 19.6 Å². The predicted molar refractivity (Wildman–Crippen MR) is 67.2 cm³/mol. The van der Waals surface area contributed by atoms with E-state index < -0.39 is 0 Å². The van der Waals surface area contributed by atoms with Crippen molar-refractivity contribution >= 4 is 0 Å². The first-order valence-electron chi connectivity index (χ1n) is 5.65. The number of furan rings is 1. The van der Waals surface area contributed by atoms with E-state index in [1.807, 2.05) is 25.2 Å². The van der Waals surface area contributed by atoms with Crippen LogP contribution >= 0.6 is 0 Å². The van der Waals surface area contributed by atoms with E-state index in [0.717, 1.165) is 17.7 Å². The fraction of sp³-hybridized carbons (Fsp3) is 0.286. The number of likely N-dealkylation sites (N-methyl/N-ethyl adjacent to an activating group) is 1. The number of benzene rings is 1. The minimum atomic E-state index is 0.265. The molecule has 0 aliphatic carbocycles. The van der Waals surface area contributed by atoms with Crippen LogP contribution in [0.1, 0.15) is 17.2 Å². The van der Waals surface area contributed by atoms with Gasteiger partial charge in [0.1, 0.15) is 5.75 Å². The molecule has 1 aromatic heterocycles. The summed E-state index contributed by atoms with van der Waals surface area (Å²) in [5.41, 5.74) is 2.40. The summed E-state index contributed by atoms with van der Waals surface area (Å²) < 4.78 is 10.3. The number of ether oxygens (including phenoxy) is 1. The van der Waals surface area contributed by atoms with Gasteiger partial charge in [0, 0.05) is 11.6 Å². The van der Waals surface area contributed by atoms with Crippen LogP contribution in [-0.2, 0) is 6.42 Å². The molecule has 3 heteroatoms. The lowest BCUT2D eigenvalue weighted by Gasteiger charge is -2.14. The van der Waals surface area contributed by atoms with Crippen LogP contribution in [0.5, 0.6) is 5.75 Å². The first-order chi connectivity index (χ1) is 8.33. The summed E-state index contributed by atoms with van der Waals surface area (Å²) in [7, 11) is 3.64. The van der Waals surface area contributed by atoms with Crippen LogP contribution < -0.4 is 10.1 Å². The van der Waals surface area contributed by atoms with Gasteiger partial charge in [-0.2, -0.15) is 0 Å². The molecule has 1 aromatic carbocycles. The summed E-state index contributed by atoms with van der Waals surface area (Å²) in [6.45, 7) is 0. The van der Waals surface area contributed by atoms with Crippen LogP contribution in [0.15, 0.2) is 47.3 Å². The van der Waals surface area contributed by atoms with E-state index in [2.05, 4.69) is 17.4 Å². The van der Waals surface area contributed by atoms with Crippen molar-refractivity contribution in [2.45, 2.75) is 12.5 Å². The molecule has 0 radical (unpaired) electrons. The number of methoxy groups -OCH3 is 1. The van der Waals surface area contributed by atoms with Gasteiger partial charge in [-0.05, 0) is 37.2 Å². The van der Waals surface area contributed by atoms with Gasteiger partial charge in [0.15, 0.2) is 0 Å². The van der Waals surface area contributed by atoms with E-state index in [1.165, 1.54) is 5.56 Å². The van der Waals surface area contributed by atoms with Crippen molar-refractivity contribution < 1.29 is 9.15 Å². The van der Waals surface area contributed by atoms with Crippen molar-refractivity contribution in [2.75, 3.05) is 14.2 Å². The highest BCUT2D eigenvalue weighted by Crippen LogP contribution is 2.21. The zero-order chi connectivity index (χ0) is 12.1. The molecular weight excluding hydrogens is 214 g/mol. The molecule has 1 atom stereocenters. The van der Waals surface area contributed by atoms with Gasteiger partial charge in [-0.15, -0.1) is 0 Å². The van der Waals surface area contributed by atoms with Gasteiger partial charge in [-0.25, -0.2) is 0 Å². The SMILES string of the molecule is CNC(Cc1cccc(OC)c1)c1ccoc1. The number of hydrogen-bond acceptors (Lipinski definition) is 3. The largest absolute Gasteiger partial charge is 0.497 e. The van der Waals surface area contributed by atoms with Gasteiger partial charge in [0.05, 0.1) is 19.6 Å². The third-order valence-corrected chi connectivity index (χ3v) is 2.87. The van der Waals surface area contributed by atoms with Crippen LogP contribution in [0.4, 0.5) is 0 Å². The molecule has 0 aliphatic rings. The van der Waals surface area contributed by atoms with E-state index in [9.17, 15) is 0 Å². The zero-order valence-electron chi connectivity index (χ0n) is 10.1. The molecule has 1 unspecified atom stereocenters. The second kappa shape index (κ2) is 5.55. The summed E-state index contributed by atoms with van der Waals surface area (Å²) in [4.78, 5) is 0. The highest BCUT2D eigenvalue weighted by molar-refractivity contribution is 5.30. The Balaban J connectivity index is 2.13. The molecule has 0 aliphatic heterocycles. The molecule has 2 aromatic rings. The maximum Gasteiger partial charge on any atom is 0.119 e. The van der Waals surface area contributed by atoms with Gasteiger partial charge in [-0.1, -0.05) is 12.1 Å².